The molecule has 1 amide bonds. The number of esters is 1. The third kappa shape index (κ3) is 6.43. The molecule has 0 radical (unpaired) electrons. The Morgan fingerprint density at radius 3 is 2.57 bits per heavy atom. The molecule has 0 heterocycles. The molecule has 0 saturated heterocycles. The quantitative estimate of drug-likeness (QED) is 0.755. The lowest BCUT2D eigenvalue weighted by Gasteiger charge is -2.16. The van der Waals surface area contributed by atoms with Gasteiger partial charge in [-0.2, -0.15) is 13.2 Å². The van der Waals surface area contributed by atoms with Gasteiger partial charge >= 0.3 is 12.1 Å². The van der Waals surface area contributed by atoms with E-state index >= 15 is 0 Å². The highest BCUT2D eigenvalue weighted by Crippen LogP contribution is 2.29. The summed E-state index contributed by atoms with van der Waals surface area (Å²) in [5, 5.41) is 2.42. The van der Waals surface area contributed by atoms with Gasteiger partial charge in [0.2, 0.25) is 5.91 Å². The maximum Gasteiger partial charge on any atom is 0.416 e. The van der Waals surface area contributed by atoms with Gasteiger partial charge in [-0.1, -0.05) is 40.7 Å². The first-order valence-corrected chi connectivity index (χ1v) is 7.29. The molecule has 4 nitrogen and oxygen atoms in total. The van der Waals surface area contributed by atoms with Crippen molar-refractivity contribution in [3.63, 3.8) is 0 Å². The maximum absolute atomic E-state index is 12.6. The number of halogens is 4. The van der Waals surface area contributed by atoms with Crippen LogP contribution in [-0.2, 0) is 26.9 Å². The van der Waals surface area contributed by atoms with Crippen molar-refractivity contribution in [2.75, 3.05) is 7.11 Å². The number of alkyl halides is 3. The topological polar surface area (TPSA) is 55.4 Å². The van der Waals surface area contributed by atoms with Crippen molar-refractivity contribution in [2.24, 2.45) is 0 Å². The summed E-state index contributed by atoms with van der Waals surface area (Å²) in [6.07, 6.45) is -4.65. The number of hydrogen-bond donors (Lipinski definition) is 1. The third-order valence-electron chi connectivity index (χ3n) is 2.87. The van der Waals surface area contributed by atoms with E-state index in [1.165, 1.54) is 19.2 Å². The van der Waals surface area contributed by atoms with Gasteiger partial charge in [-0.15, -0.1) is 0 Å². The molecule has 23 heavy (non-hydrogen) atoms. The van der Waals surface area contributed by atoms with Crippen molar-refractivity contribution in [3.8, 4) is 0 Å². The lowest BCUT2D eigenvalue weighted by Crippen LogP contribution is -2.42. The fourth-order valence-electron chi connectivity index (χ4n) is 1.85. The van der Waals surface area contributed by atoms with Crippen LogP contribution in [-0.4, -0.2) is 25.0 Å². The van der Waals surface area contributed by atoms with Crippen molar-refractivity contribution >= 4 is 27.8 Å². The summed E-state index contributed by atoms with van der Waals surface area (Å²) < 4.78 is 42.9. The molecule has 1 N–H and O–H groups in total. The SMILES string of the molecule is C=C(Br)C[C@H](NC(=O)Cc1cccc(C(F)(F)F)c1)C(=O)OC. The normalized spacial score (nSPS) is 12.4. The smallest absolute Gasteiger partial charge is 0.416 e. The van der Waals surface area contributed by atoms with E-state index in [2.05, 4.69) is 32.6 Å². The molecule has 0 spiro atoms. The van der Waals surface area contributed by atoms with E-state index in [1.54, 1.807) is 0 Å². The van der Waals surface area contributed by atoms with Gasteiger partial charge in [0, 0.05) is 6.42 Å². The molecule has 1 rings (SSSR count). The van der Waals surface area contributed by atoms with E-state index in [9.17, 15) is 22.8 Å². The molecule has 0 bridgehead atoms. The first kappa shape index (κ1) is 19.2. The minimum atomic E-state index is -4.48. The average Bonchev–Trinajstić information content (AvgIpc) is 2.44. The van der Waals surface area contributed by atoms with Crippen LogP contribution < -0.4 is 5.32 Å². The zero-order chi connectivity index (χ0) is 17.6. The van der Waals surface area contributed by atoms with Gasteiger partial charge in [-0.3, -0.25) is 4.79 Å². The third-order valence-corrected chi connectivity index (χ3v) is 3.19. The second kappa shape index (κ2) is 8.14. The molecular formula is C15H15BrF3NO3. The van der Waals surface area contributed by atoms with E-state index < -0.39 is 29.7 Å². The minimum Gasteiger partial charge on any atom is -0.467 e. The Kier molecular flexibility index (Phi) is 6.80. The van der Waals surface area contributed by atoms with Crippen molar-refractivity contribution in [1.82, 2.24) is 5.32 Å². The number of ether oxygens (including phenoxy) is 1. The molecule has 8 heteroatoms. The Morgan fingerprint density at radius 2 is 2.04 bits per heavy atom. The number of nitrogens with one attached hydrogen (secondary N) is 1. The molecule has 0 aliphatic carbocycles. The lowest BCUT2D eigenvalue weighted by atomic mass is 10.1. The first-order valence-electron chi connectivity index (χ1n) is 6.50. The Balaban J connectivity index is 2.78. The molecule has 0 aliphatic heterocycles. The van der Waals surface area contributed by atoms with Crippen LogP contribution in [0, 0.1) is 0 Å². The zero-order valence-corrected chi connectivity index (χ0v) is 13.8. The largest absolute Gasteiger partial charge is 0.467 e. The Hall–Kier alpha value is -1.83. The number of hydrogen-bond acceptors (Lipinski definition) is 3. The molecule has 0 fully saturated rings. The predicted molar refractivity (Wildman–Crippen MR) is 81.8 cm³/mol. The predicted octanol–water partition coefficient (Wildman–Crippen LogP) is 3.20. The van der Waals surface area contributed by atoms with Crippen LogP contribution in [0.3, 0.4) is 0 Å². The molecule has 1 atom stereocenters. The second-order valence-electron chi connectivity index (χ2n) is 4.74. The fraction of sp³-hybridized carbons (Fsp3) is 0.333. The van der Waals surface area contributed by atoms with Gasteiger partial charge in [0.15, 0.2) is 0 Å². The van der Waals surface area contributed by atoms with Gasteiger partial charge in [0.25, 0.3) is 0 Å². The standard InChI is InChI=1S/C15H15BrF3NO3/c1-9(16)6-12(14(22)23-2)20-13(21)8-10-4-3-5-11(7-10)15(17,18)19/h3-5,7,12H,1,6,8H2,2H3,(H,20,21)/t12-/m0/s1. The van der Waals surface area contributed by atoms with Crippen LogP contribution in [0.4, 0.5) is 13.2 Å². The van der Waals surface area contributed by atoms with Crippen LogP contribution in [0.25, 0.3) is 0 Å². The van der Waals surface area contributed by atoms with E-state index in [1.807, 2.05) is 0 Å². The molecule has 1 aromatic carbocycles. The van der Waals surface area contributed by atoms with Crippen LogP contribution in [0.15, 0.2) is 35.3 Å². The van der Waals surface area contributed by atoms with E-state index in [0.29, 0.717) is 4.48 Å². The van der Waals surface area contributed by atoms with Crippen molar-refractivity contribution in [3.05, 3.63) is 46.5 Å². The van der Waals surface area contributed by atoms with Gasteiger partial charge in [0.1, 0.15) is 6.04 Å². The van der Waals surface area contributed by atoms with Crippen LogP contribution in [0.1, 0.15) is 17.5 Å². The highest BCUT2D eigenvalue weighted by atomic mass is 79.9. The summed E-state index contributed by atoms with van der Waals surface area (Å²) in [4.78, 5) is 23.5. The second-order valence-corrected chi connectivity index (χ2v) is 5.86. The molecule has 126 valence electrons. The zero-order valence-electron chi connectivity index (χ0n) is 12.2. The fourth-order valence-corrected chi connectivity index (χ4v) is 2.17. The summed E-state index contributed by atoms with van der Waals surface area (Å²) in [6, 6.07) is 3.50. The number of amides is 1. The Bertz CT molecular complexity index is 602. The number of carbonyl (C=O) groups is 2. The molecule has 0 aromatic heterocycles. The van der Waals surface area contributed by atoms with E-state index in [-0.39, 0.29) is 18.4 Å². The number of methoxy groups -OCH3 is 1. The highest BCUT2D eigenvalue weighted by Gasteiger charge is 2.30. The van der Waals surface area contributed by atoms with Crippen LogP contribution in [0.2, 0.25) is 0 Å². The summed E-state index contributed by atoms with van der Waals surface area (Å²) >= 11 is 3.08. The summed E-state index contributed by atoms with van der Waals surface area (Å²) in [5.74, 6) is -1.25. The monoisotopic (exact) mass is 393 g/mol. The van der Waals surface area contributed by atoms with Crippen LogP contribution >= 0.6 is 15.9 Å². The molecule has 0 aliphatic rings. The van der Waals surface area contributed by atoms with Gasteiger partial charge in [-0.25, -0.2) is 4.79 Å². The van der Waals surface area contributed by atoms with Crippen LogP contribution in [0.5, 0.6) is 0 Å². The maximum atomic E-state index is 12.6. The van der Waals surface area contributed by atoms with Crippen molar-refractivity contribution in [1.29, 1.82) is 0 Å². The summed E-state index contributed by atoms with van der Waals surface area (Å²) in [5.41, 5.74) is -0.639. The number of benzene rings is 1. The van der Waals surface area contributed by atoms with Gasteiger partial charge < -0.3 is 10.1 Å². The molecular weight excluding hydrogens is 379 g/mol. The number of rotatable bonds is 6. The minimum absolute atomic E-state index is 0.112. The average molecular weight is 394 g/mol. The van der Waals surface area contributed by atoms with E-state index in [0.717, 1.165) is 12.1 Å². The summed E-state index contributed by atoms with van der Waals surface area (Å²) in [7, 11) is 1.17. The van der Waals surface area contributed by atoms with Crippen molar-refractivity contribution in [2.45, 2.75) is 25.1 Å². The highest BCUT2D eigenvalue weighted by molar-refractivity contribution is 9.11. The van der Waals surface area contributed by atoms with Gasteiger partial charge in [-0.05, 0) is 16.1 Å². The van der Waals surface area contributed by atoms with Crippen molar-refractivity contribution < 1.29 is 27.5 Å². The molecule has 0 unspecified atom stereocenters. The van der Waals surface area contributed by atoms with E-state index in [4.69, 9.17) is 0 Å². The van der Waals surface area contributed by atoms with Gasteiger partial charge in [0.05, 0.1) is 19.1 Å². The Labute approximate surface area is 139 Å². The Morgan fingerprint density at radius 1 is 1.39 bits per heavy atom. The lowest BCUT2D eigenvalue weighted by molar-refractivity contribution is -0.144. The first-order chi connectivity index (χ1) is 10.6. The molecule has 0 saturated carbocycles. The summed E-state index contributed by atoms with van der Waals surface area (Å²) in [6.45, 7) is 3.57. The molecule has 1 aromatic rings. The number of carbonyl (C=O) groups excluding carboxylic acids is 2.